The third-order valence-corrected chi connectivity index (χ3v) is 5.40. The number of anilines is 1. The second kappa shape index (κ2) is 7.39. The summed E-state index contributed by atoms with van der Waals surface area (Å²) in [6.45, 7) is 3.99. The standard InChI is InChI=1S/C19H16N2O3S2/c1-3-14-8-4-6-12(2)17(14)20-18(22)16(26-19(20)25)11-13-7-5-9-15(10-13)21(23)24/h4-11H,3H2,1-2H3. The van der Waals surface area contributed by atoms with Gasteiger partial charge in [-0.2, -0.15) is 0 Å². The molecule has 0 spiro atoms. The molecule has 0 aliphatic carbocycles. The highest BCUT2D eigenvalue weighted by Gasteiger charge is 2.35. The van der Waals surface area contributed by atoms with Crippen LogP contribution in [-0.4, -0.2) is 15.2 Å². The summed E-state index contributed by atoms with van der Waals surface area (Å²) in [4.78, 5) is 25.5. The molecule has 1 amide bonds. The predicted octanol–water partition coefficient (Wildman–Crippen LogP) is 4.87. The highest BCUT2D eigenvalue weighted by atomic mass is 32.2. The second-order valence-electron chi connectivity index (χ2n) is 5.81. The van der Waals surface area contributed by atoms with Crippen molar-refractivity contribution in [3.05, 3.63) is 74.2 Å². The van der Waals surface area contributed by atoms with Gasteiger partial charge in [0, 0.05) is 12.1 Å². The molecule has 0 atom stereocenters. The molecule has 1 fully saturated rings. The summed E-state index contributed by atoms with van der Waals surface area (Å²) >= 11 is 6.66. The van der Waals surface area contributed by atoms with Crippen molar-refractivity contribution in [2.75, 3.05) is 4.90 Å². The maximum Gasteiger partial charge on any atom is 0.270 e. The fourth-order valence-electron chi connectivity index (χ4n) is 2.86. The zero-order valence-corrected chi connectivity index (χ0v) is 15.9. The Labute approximate surface area is 160 Å². The first kappa shape index (κ1) is 18.3. The number of nitrogens with zero attached hydrogens (tertiary/aromatic N) is 2. The quantitative estimate of drug-likeness (QED) is 0.326. The molecular formula is C19H16N2O3S2. The minimum atomic E-state index is -0.455. The van der Waals surface area contributed by atoms with E-state index in [-0.39, 0.29) is 11.6 Å². The molecule has 26 heavy (non-hydrogen) atoms. The van der Waals surface area contributed by atoms with Crippen LogP contribution in [-0.2, 0) is 11.2 Å². The summed E-state index contributed by atoms with van der Waals surface area (Å²) in [5, 5.41) is 10.9. The summed E-state index contributed by atoms with van der Waals surface area (Å²) in [6.07, 6.45) is 2.44. The van der Waals surface area contributed by atoms with Gasteiger partial charge in [-0.1, -0.05) is 61.2 Å². The van der Waals surface area contributed by atoms with Crippen molar-refractivity contribution in [3.63, 3.8) is 0 Å². The number of thioether (sulfide) groups is 1. The summed E-state index contributed by atoms with van der Waals surface area (Å²) in [6, 6.07) is 12.1. The lowest BCUT2D eigenvalue weighted by Crippen LogP contribution is -2.29. The minimum Gasteiger partial charge on any atom is -0.268 e. The van der Waals surface area contributed by atoms with Gasteiger partial charge in [-0.3, -0.25) is 19.8 Å². The molecule has 0 unspecified atom stereocenters. The SMILES string of the molecule is CCc1cccc(C)c1N1C(=O)C(=Cc2cccc([N+](=O)[O-])c2)SC1=S. The van der Waals surface area contributed by atoms with E-state index >= 15 is 0 Å². The molecule has 0 bridgehead atoms. The van der Waals surface area contributed by atoms with Gasteiger partial charge in [0.15, 0.2) is 4.32 Å². The maximum absolute atomic E-state index is 13.0. The largest absolute Gasteiger partial charge is 0.270 e. The molecule has 1 heterocycles. The monoisotopic (exact) mass is 384 g/mol. The Balaban J connectivity index is 2.00. The van der Waals surface area contributed by atoms with Crippen molar-refractivity contribution >= 4 is 51.7 Å². The highest BCUT2D eigenvalue weighted by molar-refractivity contribution is 8.27. The number of para-hydroxylation sites is 1. The zero-order chi connectivity index (χ0) is 18.8. The molecule has 7 heteroatoms. The fourth-order valence-corrected chi connectivity index (χ4v) is 4.14. The van der Waals surface area contributed by atoms with Crippen LogP contribution in [0.5, 0.6) is 0 Å². The normalized spacial score (nSPS) is 15.8. The van der Waals surface area contributed by atoms with Crippen LogP contribution in [0.3, 0.4) is 0 Å². The molecule has 0 saturated carbocycles. The average Bonchev–Trinajstić information content (AvgIpc) is 2.88. The van der Waals surface area contributed by atoms with E-state index < -0.39 is 4.92 Å². The number of thiocarbonyl (C=S) groups is 1. The van der Waals surface area contributed by atoms with E-state index in [9.17, 15) is 14.9 Å². The molecule has 1 saturated heterocycles. The Morgan fingerprint density at radius 3 is 2.69 bits per heavy atom. The van der Waals surface area contributed by atoms with E-state index in [1.165, 1.54) is 23.9 Å². The van der Waals surface area contributed by atoms with E-state index in [1.807, 2.05) is 32.0 Å². The second-order valence-corrected chi connectivity index (χ2v) is 7.48. The number of hydrogen-bond donors (Lipinski definition) is 0. The smallest absolute Gasteiger partial charge is 0.268 e. The van der Waals surface area contributed by atoms with Gasteiger partial charge in [-0.25, -0.2) is 0 Å². The topological polar surface area (TPSA) is 63.5 Å². The number of amides is 1. The van der Waals surface area contributed by atoms with E-state index in [1.54, 1.807) is 23.1 Å². The van der Waals surface area contributed by atoms with Crippen LogP contribution in [0.4, 0.5) is 11.4 Å². The van der Waals surface area contributed by atoms with Crippen molar-refractivity contribution in [1.29, 1.82) is 0 Å². The van der Waals surface area contributed by atoms with E-state index in [0.717, 1.165) is 23.2 Å². The summed E-state index contributed by atoms with van der Waals surface area (Å²) in [5.74, 6) is -0.199. The van der Waals surface area contributed by atoms with Crippen LogP contribution >= 0.6 is 24.0 Å². The highest BCUT2D eigenvalue weighted by Crippen LogP contribution is 2.39. The first-order valence-corrected chi connectivity index (χ1v) is 9.25. The van der Waals surface area contributed by atoms with Crippen LogP contribution in [0.1, 0.15) is 23.6 Å². The third kappa shape index (κ3) is 3.40. The molecule has 2 aromatic carbocycles. The number of nitro benzene ring substituents is 1. The summed E-state index contributed by atoms with van der Waals surface area (Å²) in [7, 11) is 0. The minimum absolute atomic E-state index is 0.0126. The first-order chi connectivity index (χ1) is 12.4. The van der Waals surface area contributed by atoms with Crippen molar-refractivity contribution in [3.8, 4) is 0 Å². The van der Waals surface area contributed by atoms with Crippen molar-refractivity contribution < 1.29 is 9.72 Å². The number of carbonyl (C=O) groups excluding carboxylic acids is 1. The molecule has 3 rings (SSSR count). The molecular weight excluding hydrogens is 368 g/mol. The molecule has 0 aromatic heterocycles. The van der Waals surface area contributed by atoms with Gasteiger partial charge in [0.1, 0.15) is 0 Å². The molecule has 5 nitrogen and oxygen atoms in total. The maximum atomic E-state index is 13.0. The Bertz CT molecular complexity index is 954. The van der Waals surface area contributed by atoms with Gasteiger partial charge in [0.2, 0.25) is 0 Å². The van der Waals surface area contributed by atoms with E-state index in [0.29, 0.717) is 14.8 Å². The number of non-ortho nitro benzene ring substituents is 1. The lowest BCUT2D eigenvalue weighted by Gasteiger charge is -2.20. The number of aryl methyl sites for hydroxylation is 2. The van der Waals surface area contributed by atoms with Crippen LogP contribution in [0.15, 0.2) is 47.4 Å². The van der Waals surface area contributed by atoms with Gasteiger partial charge in [-0.15, -0.1) is 0 Å². The third-order valence-electron chi connectivity index (χ3n) is 4.10. The predicted molar refractivity (Wildman–Crippen MR) is 109 cm³/mol. The fraction of sp³-hybridized carbons (Fsp3) is 0.158. The molecule has 132 valence electrons. The first-order valence-electron chi connectivity index (χ1n) is 8.03. The average molecular weight is 384 g/mol. The molecule has 2 aromatic rings. The lowest BCUT2D eigenvalue weighted by molar-refractivity contribution is -0.384. The number of nitro groups is 1. The lowest BCUT2D eigenvalue weighted by atomic mass is 10.0. The van der Waals surface area contributed by atoms with Crippen molar-refractivity contribution in [2.45, 2.75) is 20.3 Å². The van der Waals surface area contributed by atoms with Crippen LogP contribution in [0.25, 0.3) is 6.08 Å². The van der Waals surface area contributed by atoms with Gasteiger partial charge in [-0.05, 0) is 36.1 Å². The van der Waals surface area contributed by atoms with Gasteiger partial charge < -0.3 is 0 Å². The van der Waals surface area contributed by atoms with Crippen molar-refractivity contribution in [1.82, 2.24) is 0 Å². The van der Waals surface area contributed by atoms with Crippen molar-refractivity contribution in [2.24, 2.45) is 0 Å². The Morgan fingerprint density at radius 2 is 2.00 bits per heavy atom. The zero-order valence-electron chi connectivity index (χ0n) is 14.3. The molecule has 0 radical (unpaired) electrons. The van der Waals surface area contributed by atoms with Crippen LogP contribution in [0, 0.1) is 17.0 Å². The van der Waals surface area contributed by atoms with Crippen LogP contribution < -0.4 is 4.90 Å². The Hall–Kier alpha value is -2.51. The van der Waals surface area contributed by atoms with E-state index in [4.69, 9.17) is 12.2 Å². The van der Waals surface area contributed by atoms with Gasteiger partial charge in [0.25, 0.3) is 11.6 Å². The molecule has 1 aliphatic heterocycles. The van der Waals surface area contributed by atoms with Gasteiger partial charge >= 0.3 is 0 Å². The Kier molecular flexibility index (Phi) is 5.20. The van der Waals surface area contributed by atoms with Crippen LogP contribution in [0.2, 0.25) is 0 Å². The number of carbonyl (C=O) groups is 1. The Morgan fingerprint density at radius 1 is 1.27 bits per heavy atom. The number of benzene rings is 2. The van der Waals surface area contributed by atoms with E-state index in [2.05, 4.69) is 0 Å². The number of rotatable bonds is 4. The summed E-state index contributed by atoms with van der Waals surface area (Å²) in [5.41, 5.74) is 3.46. The molecule has 1 aliphatic rings. The van der Waals surface area contributed by atoms with Gasteiger partial charge in [0.05, 0.1) is 15.5 Å². The number of hydrogen-bond acceptors (Lipinski definition) is 5. The summed E-state index contributed by atoms with van der Waals surface area (Å²) < 4.78 is 0.468. The molecule has 0 N–H and O–H groups in total.